The van der Waals surface area contributed by atoms with Crippen LogP contribution in [-0.2, 0) is 16.0 Å². The first-order valence-electron chi connectivity index (χ1n) is 12.2. The highest BCUT2D eigenvalue weighted by molar-refractivity contribution is 6.08. The monoisotopic (exact) mass is 526 g/mol. The Hall–Kier alpha value is -3.26. The van der Waals surface area contributed by atoms with Crippen LogP contribution in [0.3, 0.4) is 0 Å². The van der Waals surface area contributed by atoms with Gasteiger partial charge >= 0.3 is 5.97 Å². The van der Waals surface area contributed by atoms with Gasteiger partial charge in [-0.1, -0.05) is 48.5 Å². The van der Waals surface area contributed by atoms with Gasteiger partial charge in [-0.3, -0.25) is 4.79 Å². The van der Waals surface area contributed by atoms with Crippen molar-refractivity contribution in [2.45, 2.75) is 26.4 Å². The molecule has 3 N–H and O–H groups in total. The fraction of sp³-hybridized carbons (Fsp3) is 0.345. The van der Waals surface area contributed by atoms with Crippen LogP contribution >= 0.6 is 12.4 Å². The number of aliphatic hydroxyl groups excluding tert-OH is 1. The van der Waals surface area contributed by atoms with E-state index >= 15 is 0 Å². The number of esters is 1. The van der Waals surface area contributed by atoms with Gasteiger partial charge in [0, 0.05) is 41.3 Å². The van der Waals surface area contributed by atoms with Crippen molar-refractivity contribution < 1.29 is 24.1 Å². The smallest absolute Gasteiger partial charge is 0.314 e. The van der Waals surface area contributed by atoms with Crippen molar-refractivity contribution >= 4 is 40.2 Å². The van der Waals surface area contributed by atoms with Gasteiger partial charge in [0.1, 0.15) is 12.7 Å². The summed E-state index contributed by atoms with van der Waals surface area (Å²) < 4.78 is 17.1. The van der Waals surface area contributed by atoms with Crippen molar-refractivity contribution in [1.82, 2.24) is 10.3 Å². The Bertz CT molecular complexity index is 1320. The molecule has 0 aliphatic heterocycles. The molecule has 1 aromatic heterocycles. The summed E-state index contributed by atoms with van der Waals surface area (Å²) in [5, 5.41) is 15.3. The summed E-state index contributed by atoms with van der Waals surface area (Å²) in [6.07, 6.45) is 0.101. The number of nitrogens with one attached hydrogen (secondary N) is 2. The number of aromatic nitrogens is 1. The number of aromatic amines is 1. The topological polar surface area (TPSA) is 92.8 Å². The summed E-state index contributed by atoms with van der Waals surface area (Å²) in [4.78, 5) is 16.3. The lowest BCUT2D eigenvalue weighted by Gasteiger charge is -2.25. The highest BCUT2D eigenvalue weighted by Crippen LogP contribution is 2.29. The predicted molar refractivity (Wildman–Crippen MR) is 149 cm³/mol. The van der Waals surface area contributed by atoms with Crippen LogP contribution < -0.4 is 14.8 Å². The molecule has 1 atom stereocenters. The fourth-order valence-corrected chi connectivity index (χ4v) is 4.11. The Morgan fingerprint density at radius 3 is 2.46 bits per heavy atom. The van der Waals surface area contributed by atoms with E-state index in [1.54, 1.807) is 21.0 Å². The zero-order valence-corrected chi connectivity index (χ0v) is 22.3. The van der Waals surface area contributed by atoms with Crippen molar-refractivity contribution in [3.05, 3.63) is 72.3 Å². The first-order valence-corrected chi connectivity index (χ1v) is 12.2. The van der Waals surface area contributed by atoms with Gasteiger partial charge in [0.15, 0.2) is 11.5 Å². The molecule has 0 radical (unpaired) electrons. The Morgan fingerprint density at radius 1 is 1.00 bits per heavy atom. The summed E-state index contributed by atoms with van der Waals surface area (Å²) >= 11 is 0. The number of methoxy groups -OCH3 is 1. The standard InChI is InChI=1S/C29H34N2O5.ClH/c1-29(2,19-32)28(33)36-21(18-30-15-16-35-26-14-7-6-13-25(26)34-3)17-20-9-8-11-23-22-10-4-5-12-24(22)31-27(20)23;/h4-14,21,30-32H,15-19H2,1-3H3;1H. The normalized spacial score (nSPS) is 12.2. The summed E-state index contributed by atoms with van der Waals surface area (Å²) in [6, 6.07) is 21.9. The predicted octanol–water partition coefficient (Wildman–Crippen LogP) is 4.89. The Kier molecular flexibility index (Phi) is 9.80. The SMILES string of the molecule is COc1ccccc1OCCNCC(Cc1cccc2c1[nH]c1ccccc12)OC(=O)C(C)(C)CO.Cl. The molecule has 8 heteroatoms. The largest absolute Gasteiger partial charge is 0.493 e. The van der Waals surface area contributed by atoms with Gasteiger partial charge < -0.3 is 29.6 Å². The van der Waals surface area contributed by atoms with E-state index in [4.69, 9.17) is 14.2 Å². The Balaban J connectivity index is 0.00000380. The van der Waals surface area contributed by atoms with Crippen LogP contribution in [0, 0.1) is 5.41 Å². The van der Waals surface area contributed by atoms with Crippen LogP contribution in [0.4, 0.5) is 0 Å². The number of benzene rings is 3. The molecule has 4 aromatic rings. The fourth-order valence-electron chi connectivity index (χ4n) is 4.11. The molecule has 0 saturated carbocycles. The first kappa shape index (κ1) is 28.3. The van der Waals surface area contributed by atoms with Crippen LogP contribution in [0.5, 0.6) is 11.5 Å². The summed E-state index contributed by atoms with van der Waals surface area (Å²) in [5.41, 5.74) is 2.20. The minimum Gasteiger partial charge on any atom is -0.493 e. The number of para-hydroxylation sites is 4. The zero-order chi connectivity index (χ0) is 25.5. The van der Waals surface area contributed by atoms with E-state index in [1.807, 2.05) is 42.5 Å². The molecule has 1 heterocycles. The number of ether oxygens (including phenoxy) is 3. The minimum absolute atomic E-state index is 0. The van der Waals surface area contributed by atoms with E-state index in [2.05, 4.69) is 34.6 Å². The number of hydrogen-bond acceptors (Lipinski definition) is 6. The number of halogens is 1. The molecule has 0 bridgehead atoms. The minimum atomic E-state index is -0.974. The molecule has 0 saturated heterocycles. The average Bonchev–Trinajstić information content (AvgIpc) is 3.28. The second-order valence-corrected chi connectivity index (χ2v) is 9.49. The maximum Gasteiger partial charge on any atom is 0.314 e. The molecule has 1 unspecified atom stereocenters. The molecule has 4 rings (SSSR count). The maximum atomic E-state index is 12.8. The van der Waals surface area contributed by atoms with Crippen molar-refractivity contribution in [2.75, 3.05) is 33.4 Å². The van der Waals surface area contributed by atoms with Gasteiger partial charge in [0.25, 0.3) is 0 Å². The molecule has 0 aliphatic carbocycles. The van der Waals surface area contributed by atoms with Gasteiger partial charge in [-0.2, -0.15) is 0 Å². The van der Waals surface area contributed by atoms with Gasteiger partial charge in [-0.25, -0.2) is 0 Å². The quantitative estimate of drug-likeness (QED) is 0.180. The molecule has 0 fully saturated rings. The molecule has 37 heavy (non-hydrogen) atoms. The zero-order valence-electron chi connectivity index (χ0n) is 21.5. The number of aliphatic hydroxyl groups is 1. The third-order valence-electron chi connectivity index (χ3n) is 6.27. The van der Waals surface area contributed by atoms with Crippen LogP contribution in [0.25, 0.3) is 21.8 Å². The number of H-pyrrole nitrogens is 1. The van der Waals surface area contributed by atoms with E-state index in [0.717, 1.165) is 27.4 Å². The van der Waals surface area contributed by atoms with Gasteiger partial charge in [0.2, 0.25) is 0 Å². The highest BCUT2D eigenvalue weighted by atomic mass is 35.5. The molecule has 7 nitrogen and oxygen atoms in total. The van der Waals surface area contributed by atoms with Crippen LogP contribution in [0.2, 0.25) is 0 Å². The molecule has 0 spiro atoms. The summed E-state index contributed by atoms with van der Waals surface area (Å²) in [6.45, 7) is 4.51. The summed E-state index contributed by atoms with van der Waals surface area (Å²) in [5.74, 6) is 0.938. The van der Waals surface area contributed by atoms with Crippen molar-refractivity contribution in [3.8, 4) is 11.5 Å². The molecular weight excluding hydrogens is 492 g/mol. The van der Waals surface area contributed by atoms with Gasteiger partial charge in [-0.05, 0) is 37.6 Å². The van der Waals surface area contributed by atoms with E-state index in [9.17, 15) is 9.90 Å². The van der Waals surface area contributed by atoms with Crippen LogP contribution in [0.15, 0.2) is 66.7 Å². The van der Waals surface area contributed by atoms with Crippen LogP contribution in [-0.4, -0.2) is 55.6 Å². The number of carbonyl (C=O) groups is 1. The Labute approximate surface area is 223 Å². The number of fused-ring (bicyclic) bond motifs is 3. The van der Waals surface area contributed by atoms with E-state index in [0.29, 0.717) is 37.6 Å². The number of hydrogen-bond donors (Lipinski definition) is 3. The van der Waals surface area contributed by atoms with E-state index in [1.165, 1.54) is 0 Å². The molecule has 3 aromatic carbocycles. The summed E-state index contributed by atoms with van der Waals surface area (Å²) in [7, 11) is 1.61. The van der Waals surface area contributed by atoms with Gasteiger partial charge in [0.05, 0.1) is 19.1 Å². The lowest BCUT2D eigenvalue weighted by atomic mass is 9.95. The van der Waals surface area contributed by atoms with Crippen molar-refractivity contribution in [2.24, 2.45) is 5.41 Å². The lowest BCUT2D eigenvalue weighted by molar-refractivity contribution is -0.161. The number of rotatable bonds is 12. The Morgan fingerprint density at radius 2 is 1.70 bits per heavy atom. The first-order chi connectivity index (χ1) is 17.4. The lowest BCUT2D eigenvalue weighted by Crippen LogP contribution is -2.39. The molecule has 198 valence electrons. The highest BCUT2D eigenvalue weighted by Gasteiger charge is 2.31. The molecular formula is C29H35ClN2O5. The van der Waals surface area contributed by atoms with E-state index < -0.39 is 17.5 Å². The third-order valence-corrected chi connectivity index (χ3v) is 6.27. The second-order valence-electron chi connectivity index (χ2n) is 9.49. The van der Waals surface area contributed by atoms with Crippen LogP contribution in [0.1, 0.15) is 19.4 Å². The average molecular weight is 527 g/mol. The van der Waals surface area contributed by atoms with Gasteiger partial charge in [-0.15, -0.1) is 12.4 Å². The van der Waals surface area contributed by atoms with Crippen molar-refractivity contribution in [3.63, 3.8) is 0 Å². The second kappa shape index (κ2) is 12.8. The molecule has 0 aliphatic rings. The third kappa shape index (κ3) is 6.74. The molecule has 0 amide bonds. The maximum absolute atomic E-state index is 12.8. The number of carbonyl (C=O) groups excluding carboxylic acids is 1. The van der Waals surface area contributed by atoms with Crippen molar-refractivity contribution in [1.29, 1.82) is 0 Å². The van der Waals surface area contributed by atoms with E-state index in [-0.39, 0.29) is 19.0 Å².